The molecule has 0 bridgehead atoms. The maximum absolute atomic E-state index is 12.6. The Hall–Kier alpha value is -1.21. The highest BCUT2D eigenvalue weighted by molar-refractivity contribution is 6.67. The molecule has 0 N–H and O–H groups in total. The fourth-order valence-electron chi connectivity index (χ4n) is 3.54. The van der Waals surface area contributed by atoms with Crippen LogP contribution in [0.3, 0.4) is 0 Å². The zero-order valence-electron chi connectivity index (χ0n) is 19.4. The lowest BCUT2D eigenvalue weighted by atomic mass is 10.1. The molecule has 1 aliphatic heterocycles. The molecule has 4 nitrogen and oxygen atoms in total. The van der Waals surface area contributed by atoms with Crippen molar-refractivity contribution in [2.45, 2.75) is 6.42 Å². The van der Waals surface area contributed by atoms with Gasteiger partial charge in [-0.25, -0.2) is 0 Å². The zero-order valence-corrected chi connectivity index (χ0v) is 24.8. The zero-order chi connectivity index (χ0) is 26.2. The summed E-state index contributed by atoms with van der Waals surface area (Å²) in [5, 5.41) is 1.84. The average molecular weight is 644 g/mol. The molecule has 11 heteroatoms. The molecule has 1 aliphatic rings. The van der Waals surface area contributed by atoms with Crippen LogP contribution in [-0.2, 0) is 6.42 Å². The van der Waals surface area contributed by atoms with Crippen LogP contribution in [0, 0.1) is 0 Å². The van der Waals surface area contributed by atoms with E-state index in [1.54, 1.807) is 18.2 Å². The monoisotopic (exact) mass is 640 g/mol. The molecular weight excluding hydrogens is 620 g/mol. The number of benzene rings is 3. The number of carbonyl (C=O) groups excluding carboxylic acids is 2. The third kappa shape index (κ3) is 9.80. The lowest BCUT2D eigenvalue weighted by Crippen LogP contribution is -2.49. The molecule has 0 unspecified atom stereocenters. The van der Waals surface area contributed by atoms with E-state index in [2.05, 4.69) is 17.0 Å². The predicted molar refractivity (Wildman–Crippen MR) is 158 cm³/mol. The second-order valence-corrected chi connectivity index (χ2v) is 10.5. The molecule has 1 heterocycles. The lowest BCUT2D eigenvalue weighted by molar-refractivity contribution is 0.0638. The number of hydrogen-bond donors (Lipinski definition) is 0. The first-order valence-electron chi connectivity index (χ1n) is 11.0. The summed E-state index contributed by atoms with van der Waals surface area (Å²) in [5.74, 6) is 0.0101. The van der Waals surface area contributed by atoms with Crippen LogP contribution in [0.1, 0.15) is 26.3 Å². The molecule has 0 aromatic heterocycles. The smallest absolute Gasteiger partial charge is 0.253 e. The summed E-state index contributed by atoms with van der Waals surface area (Å²) in [5.41, 5.74) is 2.21. The standard InChI is InChI=1S/C19H19Cl3N2O.C7H3Cl3O.ClH/c20-16-4-1-14(2-5-16)7-8-23-9-11-24(12-10-23)19(25)15-3-6-17(21)18(22)13-15;8-5-2-1-4(7(10)11)3-6(5)9;/h1-6,13H,7-12H2;1-3H;1H. The summed E-state index contributed by atoms with van der Waals surface area (Å²) in [6.45, 7) is 4.18. The minimum atomic E-state index is -0.538. The minimum absolute atomic E-state index is 0. The van der Waals surface area contributed by atoms with E-state index in [0.29, 0.717) is 31.2 Å². The predicted octanol–water partition coefficient (Wildman–Crippen LogP) is 8.44. The van der Waals surface area contributed by atoms with Crippen molar-refractivity contribution in [1.29, 1.82) is 0 Å². The Morgan fingerprint density at radius 3 is 1.70 bits per heavy atom. The molecule has 0 atom stereocenters. The molecule has 0 spiro atoms. The van der Waals surface area contributed by atoms with Gasteiger partial charge >= 0.3 is 0 Å². The summed E-state index contributed by atoms with van der Waals surface area (Å²) in [7, 11) is 0. The number of rotatable bonds is 5. The summed E-state index contributed by atoms with van der Waals surface area (Å²) in [6.07, 6.45) is 0.984. The van der Waals surface area contributed by atoms with E-state index in [-0.39, 0.29) is 18.3 Å². The van der Waals surface area contributed by atoms with Crippen LogP contribution < -0.4 is 0 Å². The van der Waals surface area contributed by atoms with Crippen LogP contribution in [0.4, 0.5) is 0 Å². The van der Waals surface area contributed by atoms with Gasteiger partial charge in [0.25, 0.3) is 11.1 Å². The summed E-state index contributed by atoms with van der Waals surface area (Å²) in [6, 6.07) is 17.5. The largest absolute Gasteiger partial charge is 0.336 e. The summed E-state index contributed by atoms with van der Waals surface area (Å²) < 4.78 is 0. The highest BCUT2D eigenvalue weighted by Gasteiger charge is 2.22. The number of carbonyl (C=O) groups is 2. The second kappa shape index (κ2) is 15.4. The van der Waals surface area contributed by atoms with Crippen LogP contribution >= 0.6 is 82.0 Å². The van der Waals surface area contributed by atoms with Gasteiger partial charge in [0.05, 0.1) is 20.1 Å². The van der Waals surface area contributed by atoms with Crippen LogP contribution in [0.2, 0.25) is 25.1 Å². The molecular formula is C26H23Cl7N2O2. The molecule has 3 aromatic carbocycles. The molecule has 1 amide bonds. The van der Waals surface area contributed by atoms with Gasteiger partial charge in [-0.2, -0.15) is 0 Å². The molecule has 0 saturated carbocycles. The number of piperazine rings is 1. The normalized spacial score (nSPS) is 13.3. The van der Waals surface area contributed by atoms with Gasteiger partial charge in [0.2, 0.25) is 0 Å². The Bertz CT molecular complexity index is 1210. The average Bonchev–Trinajstić information content (AvgIpc) is 2.87. The van der Waals surface area contributed by atoms with Gasteiger partial charge in [-0.3, -0.25) is 14.5 Å². The molecule has 37 heavy (non-hydrogen) atoms. The van der Waals surface area contributed by atoms with Crippen molar-refractivity contribution in [2.75, 3.05) is 32.7 Å². The van der Waals surface area contributed by atoms with E-state index >= 15 is 0 Å². The molecule has 0 radical (unpaired) electrons. The number of amides is 1. The van der Waals surface area contributed by atoms with Crippen LogP contribution in [0.15, 0.2) is 60.7 Å². The van der Waals surface area contributed by atoms with Crippen LogP contribution in [-0.4, -0.2) is 53.7 Å². The van der Waals surface area contributed by atoms with Crippen molar-refractivity contribution >= 4 is 93.2 Å². The van der Waals surface area contributed by atoms with Gasteiger partial charge in [0.1, 0.15) is 0 Å². The number of halogens is 7. The Morgan fingerprint density at radius 1 is 0.676 bits per heavy atom. The number of nitrogens with zero attached hydrogens (tertiary/aromatic N) is 2. The van der Waals surface area contributed by atoms with Crippen LogP contribution in [0.25, 0.3) is 0 Å². The maximum Gasteiger partial charge on any atom is 0.253 e. The lowest BCUT2D eigenvalue weighted by Gasteiger charge is -2.34. The van der Waals surface area contributed by atoms with Crippen molar-refractivity contribution in [3.63, 3.8) is 0 Å². The summed E-state index contributed by atoms with van der Waals surface area (Å²) >= 11 is 34.2. The fourth-order valence-corrected chi connectivity index (χ4v) is 4.38. The highest BCUT2D eigenvalue weighted by atomic mass is 35.5. The van der Waals surface area contributed by atoms with Gasteiger partial charge < -0.3 is 4.90 Å². The van der Waals surface area contributed by atoms with Crippen molar-refractivity contribution in [1.82, 2.24) is 9.80 Å². The number of hydrogen-bond acceptors (Lipinski definition) is 3. The van der Waals surface area contributed by atoms with Crippen molar-refractivity contribution in [2.24, 2.45) is 0 Å². The molecule has 3 aromatic rings. The summed E-state index contributed by atoms with van der Waals surface area (Å²) in [4.78, 5) is 27.4. The SMILES string of the molecule is Cl.O=C(Cl)c1ccc(Cl)c(Cl)c1.O=C(c1ccc(Cl)c(Cl)c1)N1CCN(CCc2ccc(Cl)cc2)CC1. The molecule has 0 aliphatic carbocycles. The van der Waals surface area contributed by atoms with E-state index in [1.165, 1.54) is 23.8 Å². The van der Waals surface area contributed by atoms with Crippen molar-refractivity contribution in [3.8, 4) is 0 Å². The van der Waals surface area contributed by atoms with Crippen molar-refractivity contribution in [3.05, 3.63) is 102 Å². The Morgan fingerprint density at radius 2 is 1.19 bits per heavy atom. The van der Waals surface area contributed by atoms with E-state index in [0.717, 1.165) is 44.2 Å². The fraction of sp³-hybridized carbons (Fsp3) is 0.231. The Labute approximate surface area is 252 Å². The van der Waals surface area contributed by atoms with Gasteiger partial charge in [-0.15, -0.1) is 12.4 Å². The Kier molecular flexibility index (Phi) is 13.3. The van der Waals surface area contributed by atoms with Gasteiger partial charge in [-0.05, 0) is 72.1 Å². The highest BCUT2D eigenvalue weighted by Crippen LogP contribution is 2.24. The third-order valence-electron chi connectivity index (χ3n) is 5.60. The molecule has 1 fully saturated rings. The first-order chi connectivity index (χ1) is 17.1. The van der Waals surface area contributed by atoms with Crippen LogP contribution in [0.5, 0.6) is 0 Å². The maximum atomic E-state index is 12.6. The molecule has 198 valence electrons. The second-order valence-electron chi connectivity index (χ2n) is 8.04. The van der Waals surface area contributed by atoms with Gasteiger partial charge in [0.15, 0.2) is 0 Å². The quantitative estimate of drug-likeness (QED) is 0.262. The molecule has 4 rings (SSSR count). The van der Waals surface area contributed by atoms with E-state index in [9.17, 15) is 9.59 Å². The van der Waals surface area contributed by atoms with E-state index in [4.69, 9.17) is 69.6 Å². The first-order valence-corrected chi connectivity index (χ1v) is 13.3. The minimum Gasteiger partial charge on any atom is -0.336 e. The Balaban J connectivity index is 0.000000339. The van der Waals surface area contributed by atoms with Gasteiger partial charge in [-0.1, -0.05) is 70.1 Å². The first kappa shape index (κ1) is 32.0. The van der Waals surface area contributed by atoms with E-state index < -0.39 is 5.24 Å². The topological polar surface area (TPSA) is 40.6 Å². The van der Waals surface area contributed by atoms with Gasteiger partial charge in [0, 0.05) is 48.9 Å². The van der Waals surface area contributed by atoms with E-state index in [1.807, 2.05) is 17.0 Å². The van der Waals surface area contributed by atoms with Crippen molar-refractivity contribution < 1.29 is 9.59 Å². The third-order valence-corrected chi connectivity index (χ3v) is 7.55. The molecule has 1 saturated heterocycles.